The number of piperidine rings is 1. The molecule has 3 amide bonds. The molecule has 0 aliphatic carbocycles. The van der Waals surface area contributed by atoms with Crippen molar-refractivity contribution in [1.82, 2.24) is 19.7 Å². The average Bonchev–Trinajstić information content (AvgIpc) is 3.09. The maximum Gasteiger partial charge on any atom is 0.327 e. The highest BCUT2D eigenvalue weighted by Gasteiger charge is 2.57. The minimum atomic E-state index is -0.674. The van der Waals surface area contributed by atoms with Crippen molar-refractivity contribution in [3.63, 3.8) is 0 Å². The summed E-state index contributed by atoms with van der Waals surface area (Å²) in [5, 5.41) is 0. The molecule has 0 unspecified atom stereocenters. The Balaban J connectivity index is 1.32. The molecular weight excluding hydrogens is 440 g/mol. The number of hydrogen-bond acceptors (Lipinski definition) is 5. The summed E-state index contributed by atoms with van der Waals surface area (Å²) in [5.74, 6) is 0.881. The van der Waals surface area contributed by atoms with Gasteiger partial charge in [0.05, 0.1) is 7.11 Å². The number of likely N-dealkylation sites (tertiary alicyclic amines) is 1. The number of carbonyl (C=O) groups excluding carboxylic acids is 2. The summed E-state index contributed by atoms with van der Waals surface area (Å²) in [4.78, 5) is 36.7. The Labute approximate surface area is 209 Å². The largest absolute Gasteiger partial charge is 0.497 e. The zero-order valence-electron chi connectivity index (χ0n) is 21.3. The Morgan fingerprint density at radius 3 is 2.43 bits per heavy atom. The van der Waals surface area contributed by atoms with Gasteiger partial charge in [0.2, 0.25) is 0 Å². The van der Waals surface area contributed by atoms with Gasteiger partial charge in [-0.15, -0.1) is 0 Å². The van der Waals surface area contributed by atoms with Crippen molar-refractivity contribution in [3.8, 4) is 5.75 Å². The third-order valence-corrected chi connectivity index (χ3v) is 7.77. The monoisotopic (exact) mass is 478 g/mol. The Bertz CT molecular complexity index is 987. The number of carbonyl (C=O) groups is 2. The lowest BCUT2D eigenvalue weighted by atomic mass is 9.85. The van der Waals surface area contributed by atoms with Gasteiger partial charge in [0.15, 0.2) is 0 Å². The summed E-state index contributed by atoms with van der Waals surface area (Å²) >= 11 is 0. The van der Waals surface area contributed by atoms with E-state index in [4.69, 9.17) is 4.74 Å². The van der Waals surface area contributed by atoms with E-state index in [1.807, 2.05) is 42.3 Å². The molecule has 35 heavy (non-hydrogen) atoms. The van der Waals surface area contributed by atoms with Gasteiger partial charge >= 0.3 is 6.03 Å². The van der Waals surface area contributed by atoms with Crippen LogP contribution in [0.25, 0.3) is 0 Å². The lowest BCUT2D eigenvalue weighted by molar-refractivity contribution is -0.136. The van der Waals surface area contributed by atoms with Gasteiger partial charge in [0.25, 0.3) is 5.91 Å². The van der Waals surface area contributed by atoms with E-state index >= 15 is 0 Å². The molecule has 1 spiro atoms. The molecule has 1 aromatic carbocycles. The molecule has 2 aliphatic heterocycles. The van der Waals surface area contributed by atoms with Gasteiger partial charge in [0, 0.05) is 44.6 Å². The topological polar surface area (TPSA) is 66.0 Å². The van der Waals surface area contributed by atoms with Gasteiger partial charge in [-0.2, -0.15) is 0 Å². The fraction of sp³-hybridized carbons (Fsp3) is 0.536. The Morgan fingerprint density at radius 1 is 1.06 bits per heavy atom. The van der Waals surface area contributed by atoms with E-state index in [-0.39, 0.29) is 11.9 Å². The minimum Gasteiger partial charge on any atom is -0.497 e. The number of aromatic nitrogens is 1. The van der Waals surface area contributed by atoms with Crippen LogP contribution in [0.2, 0.25) is 0 Å². The first-order chi connectivity index (χ1) is 17.0. The number of likely N-dealkylation sites (N-methyl/N-ethyl adjacent to an activating group) is 1. The molecule has 3 heterocycles. The van der Waals surface area contributed by atoms with Gasteiger partial charge in [-0.1, -0.05) is 18.2 Å². The molecule has 4 rings (SSSR count). The van der Waals surface area contributed by atoms with Gasteiger partial charge in [0.1, 0.15) is 11.3 Å². The zero-order chi connectivity index (χ0) is 24.8. The van der Waals surface area contributed by atoms with Crippen molar-refractivity contribution >= 4 is 11.9 Å². The quantitative estimate of drug-likeness (QED) is 0.480. The van der Waals surface area contributed by atoms with Crippen molar-refractivity contribution < 1.29 is 14.3 Å². The molecular formula is C28H38N4O3. The standard InChI is InChI=1S/C28H38N4O3/c1-4-32-27(34)31(18-6-8-24-7-5-17-29-21-24)26(33)28(32)15-19-30(20-16-28)22(2)9-10-23-11-13-25(35-3)14-12-23/h5,7,11-14,17,21-22H,4,6,8-10,15-16,18-20H2,1-3H3/t22-/m1/s1. The average molecular weight is 479 g/mol. The van der Waals surface area contributed by atoms with E-state index in [9.17, 15) is 9.59 Å². The molecule has 0 saturated carbocycles. The second kappa shape index (κ2) is 11.2. The first-order valence-corrected chi connectivity index (χ1v) is 12.9. The summed E-state index contributed by atoms with van der Waals surface area (Å²) in [5.41, 5.74) is 1.76. The number of hydrogen-bond donors (Lipinski definition) is 0. The van der Waals surface area contributed by atoms with Crippen molar-refractivity contribution in [2.45, 2.75) is 64.0 Å². The second-order valence-electron chi connectivity index (χ2n) is 9.75. The third-order valence-electron chi connectivity index (χ3n) is 7.77. The Hall–Kier alpha value is -2.93. The normalized spacial score (nSPS) is 18.9. The third kappa shape index (κ3) is 5.35. The van der Waals surface area contributed by atoms with Crippen LogP contribution in [0.1, 0.15) is 50.7 Å². The fourth-order valence-corrected chi connectivity index (χ4v) is 5.57. The molecule has 0 bridgehead atoms. The fourth-order valence-electron chi connectivity index (χ4n) is 5.57. The van der Waals surface area contributed by atoms with E-state index in [0.717, 1.165) is 50.1 Å². The lowest BCUT2D eigenvalue weighted by Crippen LogP contribution is -2.57. The molecule has 2 fully saturated rings. The summed E-state index contributed by atoms with van der Waals surface area (Å²) in [6.07, 6.45) is 8.65. The number of aryl methyl sites for hydroxylation is 2. The van der Waals surface area contributed by atoms with Crippen LogP contribution >= 0.6 is 0 Å². The number of rotatable bonds is 10. The lowest BCUT2D eigenvalue weighted by Gasteiger charge is -2.43. The first-order valence-electron chi connectivity index (χ1n) is 12.9. The number of urea groups is 1. The summed E-state index contributed by atoms with van der Waals surface area (Å²) in [6.45, 7) is 6.95. The summed E-state index contributed by atoms with van der Waals surface area (Å²) in [6, 6.07) is 12.5. The molecule has 1 aromatic heterocycles. The number of methoxy groups -OCH3 is 1. The number of nitrogens with zero attached hydrogens (tertiary/aromatic N) is 4. The van der Waals surface area contributed by atoms with Crippen LogP contribution in [-0.4, -0.2) is 76.5 Å². The van der Waals surface area contributed by atoms with Gasteiger partial charge in [-0.3, -0.25) is 14.7 Å². The molecule has 7 nitrogen and oxygen atoms in total. The SMILES string of the molecule is CCN1C(=O)N(CCCc2cccnc2)C(=O)C12CCN([C@H](C)CCc1ccc(OC)cc1)CC2. The predicted octanol–water partition coefficient (Wildman–Crippen LogP) is 4.16. The highest BCUT2D eigenvalue weighted by atomic mass is 16.5. The first kappa shape index (κ1) is 25.2. The molecule has 0 N–H and O–H groups in total. The zero-order valence-corrected chi connectivity index (χ0v) is 21.3. The Morgan fingerprint density at radius 2 is 1.80 bits per heavy atom. The number of imide groups is 1. The van der Waals surface area contributed by atoms with Crippen LogP contribution in [-0.2, 0) is 17.6 Å². The number of pyridine rings is 1. The molecule has 7 heteroatoms. The molecule has 2 aromatic rings. The van der Waals surface area contributed by atoms with Crippen LogP contribution in [0.4, 0.5) is 4.79 Å². The van der Waals surface area contributed by atoms with Gasteiger partial charge < -0.3 is 14.5 Å². The highest BCUT2D eigenvalue weighted by molar-refractivity contribution is 6.07. The number of benzene rings is 1. The molecule has 2 aliphatic rings. The smallest absolute Gasteiger partial charge is 0.327 e. The van der Waals surface area contributed by atoms with Gasteiger partial charge in [-0.05, 0) is 81.7 Å². The van der Waals surface area contributed by atoms with Crippen molar-refractivity contribution in [2.24, 2.45) is 0 Å². The molecule has 1 atom stereocenters. The van der Waals surface area contributed by atoms with Crippen LogP contribution in [0, 0.1) is 0 Å². The molecule has 2 saturated heterocycles. The maximum atomic E-state index is 13.6. The summed E-state index contributed by atoms with van der Waals surface area (Å²) < 4.78 is 5.25. The predicted molar refractivity (Wildman–Crippen MR) is 136 cm³/mol. The van der Waals surface area contributed by atoms with Gasteiger partial charge in [-0.25, -0.2) is 4.79 Å². The summed E-state index contributed by atoms with van der Waals surface area (Å²) in [7, 11) is 1.68. The van der Waals surface area contributed by atoms with E-state index in [0.29, 0.717) is 32.0 Å². The van der Waals surface area contributed by atoms with E-state index in [1.54, 1.807) is 13.3 Å². The maximum absolute atomic E-state index is 13.6. The van der Waals surface area contributed by atoms with E-state index in [2.05, 4.69) is 28.9 Å². The minimum absolute atomic E-state index is 0.000993. The second-order valence-corrected chi connectivity index (χ2v) is 9.75. The number of ether oxygens (including phenoxy) is 1. The van der Waals surface area contributed by atoms with E-state index in [1.165, 1.54) is 10.5 Å². The van der Waals surface area contributed by atoms with Crippen molar-refractivity contribution in [1.29, 1.82) is 0 Å². The molecule has 0 radical (unpaired) electrons. The van der Waals surface area contributed by atoms with Crippen LogP contribution in [0.15, 0.2) is 48.8 Å². The molecule has 188 valence electrons. The van der Waals surface area contributed by atoms with E-state index < -0.39 is 5.54 Å². The van der Waals surface area contributed by atoms with Crippen LogP contribution < -0.4 is 4.74 Å². The Kier molecular flexibility index (Phi) is 8.06. The number of amides is 3. The van der Waals surface area contributed by atoms with Crippen LogP contribution in [0.5, 0.6) is 5.75 Å². The highest BCUT2D eigenvalue weighted by Crippen LogP contribution is 2.38. The van der Waals surface area contributed by atoms with Crippen molar-refractivity contribution in [3.05, 3.63) is 59.9 Å². The van der Waals surface area contributed by atoms with Crippen LogP contribution in [0.3, 0.4) is 0 Å². The van der Waals surface area contributed by atoms with Crippen molar-refractivity contribution in [2.75, 3.05) is 33.3 Å².